The first kappa shape index (κ1) is 12.7. The highest BCUT2D eigenvalue weighted by atomic mass is 32.2. The average molecular weight is 283 g/mol. The largest absolute Gasteiger partial charge is 0.323 e. The number of H-pyrrole nitrogens is 1. The van der Waals surface area contributed by atoms with Crippen molar-refractivity contribution in [3.8, 4) is 0 Å². The number of hydrogen-bond donors (Lipinski definition) is 2. The number of aromatic amines is 1. The maximum absolute atomic E-state index is 5.26. The second kappa shape index (κ2) is 5.75. The van der Waals surface area contributed by atoms with Crippen molar-refractivity contribution < 1.29 is 0 Å². The lowest BCUT2D eigenvalue weighted by Gasteiger charge is -2.07. The Morgan fingerprint density at radius 2 is 2.05 bits per heavy atom. The summed E-state index contributed by atoms with van der Waals surface area (Å²) in [6.07, 6.45) is 3.26. The summed E-state index contributed by atoms with van der Waals surface area (Å²) in [6, 6.07) is 12.4. The van der Waals surface area contributed by atoms with Crippen molar-refractivity contribution in [1.29, 1.82) is 0 Å². The minimum atomic E-state index is 0.752. The van der Waals surface area contributed by atoms with Gasteiger partial charge in [0.1, 0.15) is 6.33 Å². The van der Waals surface area contributed by atoms with E-state index in [1.807, 2.05) is 18.2 Å². The molecule has 0 spiro atoms. The van der Waals surface area contributed by atoms with Crippen LogP contribution in [0.5, 0.6) is 0 Å². The Bertz CT molecular complexity index is 736. The third-order valence-corrected chi connectivity index (χ3v) is 3.92. The maximum atomic E-state index is 5.26. The van der Waals surface area contributed by atoms with Gasteiger partial charge in [0.05, 0.1) is 6.21 Å². The number of aromatic nitrogens is 3. The van der Waals surface area contributed by atoms with Gasteiger partial charge in [0.2, 0.25) is 5.16 Å². The van der Waals surface area contributed by atoms with Gasteiger partial charge in [0.25, 0.3) is 0 Å². The molecule has 0 aliphatic heterocycles. The predicted molar refractivity (Wildman–Crippen MR) is 81.7 cm³/mol. The molecule has 0 atom stereocenters. The van der Waals surface area contributed by atoms with Crippen LogP contribution in [0, 0.1) is 0 Å². The molecule has 2 aromatic carbocycles. The Morgan fingerprint density at radius 3 is 2.80 bits per heavy atom. The summed E-state index contributed by atoms with van der Waals surface area (Å²) in [4.78, 5) is 4.12. The Kier molecular flexibility index (Phi) is 3.64. The van der Waals surface area contributed by atoms with Crippen LogP contribution in [0.2, 0.25) is 0 Å². The van der Waals surface area contributed by atoms with E-state index in [9.17, 15) is 0 Å². The van der Waals surface area contributed by atoms with E-state index in [0.717, 1.165) is 21.9 Å². The molecule has 0 aliphatic carbocycles. The zero-order valence-electron chi connectivity index (χ0n) is 10.7. The van der Waals surface area contributed by atoms with Gasteiger partial charge in [-0.15, -0.1) is 5.10 Å². The summed E-state index contributed by atoms with van der Waals surface area (Å²) >= 11 is 1.60. The summed E-state index contributed by atoms with van der Waals surface area (Å²) < 4.78 is 0. The fourth-order valence-electron chi connectivity index (χ4n) is 2.11. The molecule has 0 fully saturated rings. The molecule has 0 saturated carbocycles. The molecule has 1 heterocycles. The van der Waals surface area contributed by atoms with E-state index in [2.05, 4.69) is 38.5 Å². The van der Waals surface area contributed by atoms with Crippen LogP contribution < -0.4 is 5.84 Å². The first-order valence-corrected chi connectivity index (χ1v) is 7.09. The molecule has 0 amide bonds. The van der Waals surface area contributed by atoms with Crippen LogP contribution in [-0.4, -0.2) is 21.4 Å². The van der Waals surface area contributed by atoms with Gasteiger partial charge in [0, 0.05) is 11.3 Å². The molecular formula is C14H13N5S. The fraction of sp³-hybridized carbons (Fsp3) is 0.0714. The van der Waals surface area contributed by atoms with E-state index < -0.39 is 0 Å². The summed E-state index contributed by atoms with van der Waals surface area (Å²) in [5.41, 5.74) is 2.26. The Balaban J connectivity index is 1.97. The lowest BCUT2D eigenvalue weighted by atomic mass is 10.0. The number of hydrogen-bond acceptors (Lipinski definition) is 5. The maximum Gasteiger partial charge on any atom is 0.208 e. The van der Waals surface area contributed by atoms with Gasteiger partial charge < -0.3 is 5.84 Å². The van der Waals surface area contributed by atoms with E-state index in [1.165, 1.54) is 10.9 Å². The normalized spacial score (nSPS) is 11.4. The van der Waals surface area contributed by atoms with Crippen LogP contribution in [0.15, 0.2) is 53.0 Å². The van der Waals surface area contributed by atoms with Gasteiger partial charge in [-0.3, -0.25) is 5.10 Å². The van der Waals surface area contributed by atoms with Crippen molar-refractivity contribution in [3.63, 3.8) is 0 Å². The number of nitrogens with two attached hydrogens (primary N) is 1. The van der Waals surface area contributed by atoms with Crippen LogP contribution >= 0.6 is 11.8 Å². The second-order valence-corrected chi connectivity index (χ2v) is 5.15. The van der Waals surface area contributed by atoms with Crippen molar-refractivity contribution in [2.45, 2.75) is 10.9 Å². The number of benzene rings is 2. The van der Waals surface area contributed by atoms with Crippen molar-refractivity contribution in [2.24, 2.45) is 10.9 Å². The van der Waals surface area contributed by atoms with E-state index in [-0.39, 0.29) is 0 Å². The Labute approximate surface area is 120 Å². The molecule has 5 nitrogen and oxygen atoms in total. The quantitative estimate of drug-likeness (QED) is 0.334. The summed E-state index contributed by atoms with van der Waals surface area (Å²) in [6.45, 7) is 0. The second-order valence-electron chi connectivity index (χ2n) is 4.21. The highest BCUT2D eigenvalue weighted by Gasteiger charge is 2.06. The molecule has 3 rings (SSSR count). The van der Waals surface area contributed by atoms with Gasteiger partial charge in [-0.2, -0.15) is 5.10 Å². The zero-order chi connectivity index (χ0) is 13.8. The van der Waals surface area contributed by atoms with Crippen molar-refractivity contribution in [3.05, 3.63) is 53.9 Å². The first-order chi connectivity index (χ1) is 9.88. The van der Waals surface area contributed by atoms with Crippen LogP contribution in [0.1, 0.15) is 11.1 Å². The topological polar surface area (TPSA) is 80.0 Å². The molecule has 0 bridgehead atoms. The number of thioether (sulfide) groups is 1. The van der Waals surface area contributed by atoms with Crippen LogP contribution in [-0.2, 0) is 5.75 Å². The van der Waals surface area contributed by atoms with Crippen molar-refractivity contribution >= 4 is 28.7 Å². The standard InChI is InChI=1S/C14H13N5S/c15-17-7-10-5-6-11(8-20-14-16-9-18-19-14)13-4-2-1-3-12(10)13/h1-7,9H,8,15H2,(H,16,18,19). The van der Waals surface area contributed by atoms with E-state index in [4.69, 9.17) is 5.84 Å². The highest BCUT2D eigenvalue weighted by molar-refractivity contribution is 7.98. The molecule has 100 valence electrons. The smallest absolute Gasteiger partial charge is 0.208 e. The molecule has 0 radical (unpaired) electrons. The number of rotatable bonds is 4. The average Bonchev–Trinajstić information content (AvgIpc) is 3.00. The van der Waals surface area contributed by atoms with Crippen LogP contribution in [0.25, 0.3) is 10.8 Å². The third-order valence-electron chi connectivity index (χ3n) is 3.01. The zero-order valence-corrected chi connectivity index (χ0v) is 11.5. The SMILES string of the molecule is NN=Cc1ccc(CSc2nc[nH]n2)c2ccccc12. The molecule has 6 heteroatoms. The van der Waals surface area contributed by atoms with Gasteiger partial charge >= 0.3 is 0 Å². The summed E-state index contributed by atoms with van der Waals surface area (Å²) in [7, 11) is 0. The van der Waals surface area contributed by atoms with Crippen molar-refractivity contribution in [2.75, 3.05) is 0 Å². The van der Waals surface area contributed by atoms with Gasteiger partial charge in [-0.05, 0) is 16.3 Å². The van der Waals surface area contributed by atoms with Crippen LogP contribution in [0.3, 0.4) is 0 Å². The lowest BCUT2D eigenvalue weighted by Crippen LogP contribution is -1.92. The number of nitrogens with zero attached hydrogens (tertiary/aromatic N) is 3. The highest BCUT2D eigenvalue weighted by Crippen LogP contribution is 2.27. The molecular weight excluding hydrogens is 270 g/mol. The molecule has 0 aliphatic rings. The Morgan fingerprint density at radius 1 is 1.20 bits per heavy atom. The first-order valence-electron chi connectivity index (χ1n) is 6.11. The van der Waals surface area contributed by atoms with Gasteiger partial charge in [0.15, 0.2) is 0 Å². The lowest BCUT2D eigenvalue weighted by molar-refractivity contribution is 0.973. The van der Waals surface area contributed by atoms with Gasteiger partial charge in [-0.25, -0.2) is 4.98 Å². The fourth-order valence-corrected chi connectivity index (χ4v) is 2.89. The molecule has 3 aromatic rings. The van der Waals surface area contributed by atoms with Gasteiger partial charge in [-0.1, -0.05) is 48.2 Å². The molecule has 3 N–H and O–H groups in total. The number of fused-ring (bicyclic) bond motifs is 1. The molecule has 0 saturated heterocycles. The minimum Gasteiger partial charge on any atom is -0.323 e. The molecule has 1 aromatic heterocycles. The third kappa shape index (κ3) is 2.50. The minimum absolute atomic E-state index is 0.752. The molecule has 0 unspecified atom stereocenters. The monoisotopic (exact) mass is 283 g/mol. The Hall–Kier alpha value is -2.34. The predicted octanol–water partition coefficient (Wildman–Crippen LogP) is 2.54. The van der Waals surface area contributed by atoms with E-state index >= 15 is 0 Å². The number of hydrazone groups is 1. The van der Waals surface area contributed by atoms with Crippen LogP contribution in [0.4, 0.5) is 0 Å². The van der Waals surface area contributed by atoms with E-state index in [0.29, 0.717) is 0 Å². The molecule has 20 heavy (non-hydrogen) atoms. The summed E-state index contributed by atoms with van der Waals surface area (Å²) in [5, 5.41) is 13.5. The van der Waals surface area contributed by atoms with Crippen molar-refractivity contribution in [1.82, 2.24) is 15.2 Å². The summed E-state index contributed by atoms with van der Waals surface area (Å²) in [5.74, 6) is 6.08. The number of nitrogens with one attached hydrogen (secondary N) is 1. The van der Waals surface area contributed by atoms with E-state index in [1.54, 1.807) is 24.3 Å².